The minimum Gasteiger partial charge on any atom is -0.488 e. The third kappa shape index (κ3) is 4.20. The van der Waals surface area contributed by atoms with Crippen LogP contribution in [0.3, 0.4) is 0 Å². The third-order valence-electron chi connectivity index (χ3n) is 3.91. The van der Waals surface area contributed by atoms with Gasteiger partial charge in [-0.1, -0.05) is 25.3 Å². The van der Waals surface area contributed by atoms with E-state index in [-0.39, 0.29) is 18.0 Å². The summed E-state index contributed by atoms with van der Waals surface area (Å²) in [5.74, 6) is 0.0714. The summed E-state index contributed by atoms with van der Waals surface area (Å²) >= 11 is 0. The lowest BCUT2D eigenvalue weighted by Crippen LogP contribution is -2.33. The maximum Gasteiger partial charge on any atom is 0.165 e. The molecule has 1 aromatic carbocycles. The monoisotopic (exact) mass is 279 g/mol. The summed E-state index contributed by atoms with van der Waals surface area (Å²) in [5, 5.41) is 3.62. The largest absolute Gasteiger partial charge is 0.488 e. The molecule has 1 aromatic rings. The van der Waals surface area contributed by atoms with Gasteiger partial charge in [0.1, 0.15) is 0 Å². The summed E-state index contributed by atoms with van der Waals surface area (Å²) in [6.45, 7) is 5.91. The Hall–Kier alpha value is -1.09. The van der Waals surface area contributed by atoms with Gasteiger partial charge in [0.25, 0.3) is 0 Å². The highest BCUT2D eigenvalue weighted by molar-refractivity contribution is 5.31. The molecule has 1 aliphatic carbocycles. The number of hydrogen-bond acceptors (Lipinski definition) is 2. The lowest BCUT2D eigenvalue weighted by Gasteiger charge is -2.27. The van der Waals surface area contributed by atoms with Gasteiger partial charge in [-0.05, 0) is 51.3 Å². The van der Waals surface area contributed by atoms with Gasteiger partial charge in [0.15, 0.2) is 11.6 Å². The fourth-order valence-corrected chi connectivity index (χ4v) is 2.85. The van der Waals surface area contributed by atoms with Crippen LogP contribution in [0, 0.1) is 5.82 Å². The normalized spacial score (nSPS) is 18.2. The third-order valence-corrected chi connectivity index (χ3v) is 3.91. The van der Waals surface area contributed by atoms with E-state index in [1.54, 1.807) is 12.1 Å². The van der Waals surface area contributed by atoms with Gasteiger partial charge in [0.05, 0.1) is 6.10 Å². The minimum absolute atomic E-state index is 0.00635. The summed E-state index contributed by atoms with van der Waals surface area (Å²) in [6, 6.07) is 6.05. The maximum absolute atomic E-state index is 14.0. The van der Waals surface area contributed by atoms with Gasteiger partial charge < -0.3 is 10.1 Å². The van der Waals surface area contributed by atoms with Crippen LogP contribution in [0.25, 0.3) is 0 Å². The van der Waals surface area contributed by atoms with Gasteiger partial charge in [-0.3, -0.25) is 0 Å². The van der Waals surface area contributed by atoms with Crippen LogP contribution in [0.5, 0.6) is 5.75 Å². The van der Waals surface area contributed by atoms with Crippen molar-refractivity contribution in [2.24, 2.45) is 0 Å². The number of nitrogens with one attached hydrogen (secondary N) is 1. The predicted octanol–water partition coefficient (Wildman–Crippen LogP) is 4.60. The lowest BCUT2D eigenvalue weighted by molar-refractivity contribution is 0.231. The van der Waals surface area contributed by atoms with E-state index in [1.807, 2.05) is 19.9 Å². The summed E-state index contributed by atoms with van der Waals surface area (Å²) in [6.07, 6.45) is 6.43. The molecule has 0 saturated heterocycles. The zero-order valence-corrected chi connectivity index (χ0v) is 12.8. The van der Waals surface area contributed by atoms with Crippen molar-refractivity contribution in [1.29, 1.82) is 0 Å². The summed E-state index contributed by atoms with van der Waals surface area (Å²) < 4.78 is 19.4. The van der Waals surface area contributed by atoms with Crippen molar-refractivity contribution >= 4 is 0 Å². The van der Waals surface area contributed by atoms with E-state index < -0.39 is 0 Å². The Morgan fingerprint density at radius 2 is 1.85 bits per heavy atom. The molecule has 1 N–H and O–H groups in total. The van der Waals surface area contributed by atoms with Gasteiger partial charge in [-0.2, -0.15) is 0 Å². The van der Waals surface area contributed by atoms with Crippen molar-refractivity contribution in [3.8, 4) is 5.75 Å². The van der Waals surface area contributed by atoms with Gasteiger partial charge in [-0.25, -0.2) is 4.39 Å². The van der Waals surface area contributed by atoms with Crippen LogP contribution in [0.2, 0.25) is 0 Å². The molecule has 0 bridgehead atoms. The first kappa shape index (κ1) is 15.3. The van der Waals surface area contributed by atoms with Crippen LogP contribution in [-0.2, 0) is 0 Å². The molecule has 3 heteroatoms. The second-order valence-corrected chi connectivity index (χ2v) is 6.08. The zero-order valence-electron chi connectivity index (χ0n) is 12.8. The molecular weight excluding hydrogens is 253 g/mol. The first-order valence-corrected chi connectivity index (χ1v) is 7.78. The molecule has 2 rings (SSSR count). The second kappa shape index (κ2) is 7.07. The molecule has 1 saturated carbocycles. The molecule has 1 aliphatic rings. The first-order valence-electron chi connectivity index (χ1n) is 7.78. The van der Waals surface area contributed by atoms with E-state index in [0.29, 0.717) is 11.8 Å². The van der Waals surface area contributed by atoms with Crippen molar-refractivity contribution < 1.29 is 9.13 Å². The summed E-state index contributed by atoms with van der Waals surface area (Å²) in [4.78, 5) is 0. The van der Waals surface area contributed by atoms with Crippen LogP contribution < -0.4 is 10.1 Å². The van der Waals surface area contributed by atoms with Crippen molar-refractivity contribution in [3.63, 3.8) is 0 Å². The van der Waals surface area contributed by atoms with E-state index in [1.165, 1.54) is 32.1 Å². The Bertz CT molecular complexity index is 427. The molecule has 0 radical (unpaired) electrons. The molecule has 20 heavy (non-hydrogen) atoms. The fraction of sp³-hybridized carbons (Fsp3) is 0.647. The number of benzene rings is 1. The Morgan fingerprint density at radius 3 is 2.45 bits per heavy atom. The average molecular weight is 279 g/mol. The maximum atomic E-state index is 14.0. The van der Waals surface area contributed by atoms with Gasteiger partial charge in [0.2, 0.25) is 0 Å². The molecular formula is C17H26FNO. The SMILES string of the molecule is CC(C)Oc1ccc([C@H](C)NC2CCCCC2)cc1F. The number of hydrogen-bond donors (Lipinski definition) is 1. The molecule has 1 fully saturated rings. The quantitative estimate of drug-likeness (QED) is 0.850. The van der Waals surface area contributed by atoms with Gasteiger partial charge in [0, 0.05) is 12.1 Å². The molecule has 0 amide bonds. The number of halogens is 1. The van der Waals surface area contributed by atoms with Crippen molar-refractivity contribution in [3.05, 3.63) is 29.6 Å². The van der Waals surface area contributed by atoms with Crippen molar-refractivity contribution in [2.45, 2.75) is 71.1 Å². The summed E-state index contributed by atoms with van der Waals surface area (Å²) in [7, 11) is 0. The molecule has 0 aromatic heterocycles. The van der Waals surface area contributed by atoms with Gasteiger partial charge in [-0.15, -0.1) is 0 Å². The highest BCUT2D eigenvalue weighted by Crippen LogP contribution is 2.25. The Balaban J connectivity index is 1.98. The molecule has 0 unspecified atom stereocenters. The zero-order chi connectivity index (χ0) is 14.5. The van der Waals surface area contributed by atoms with E-state index in [2.05, 4.69) is 12.2 Å². The minimum atomic E-state index is -0.270. The Kier molecular flexibility index (Phi) is 5.41. The first-order chi connectivity index (χ1) is 9.56. The fourth-order valence-electron chi connectivity index (χ4n) is 2.85. The topological polar surface area (TPSA) is 21.3 Å². The smallest absolute Gasteiger partial charge is 0.165 e. The van der Waals surface area contributed by atoms with E-state index in [9.17, 15) is 4.39 Å². The second-order valence-electron chi connectivity index (χ2n) is 6.08. The molecule has 112 valence electrons. The molecule has 1 atom stereocenters. The number of rotatable bonds is 5. The average Bonchev–Trinajstić information content (AvgIpc) is 2.41. The van der Waals surface area contributed by atoms with Crippen molar-refractivity contribution in [2.75, 3.05) is 0 Å². The lowest BCUT2D eigenvalue weighted by atomic mass is 9.94. The van der Waals surface area contributed by atoms with Crippen LogP contribution in [0.1, 0.15) is 64.5 Å². The standard InChI is InChI=1S/C17H26FNO/c1-12(2)20-17-10-9-14(11-16(17)18)13(3)19-15-7-5-4-6-8-15/h9-13,15,19H,4-8H2,1-3H3/t13-/m0/s1. The summed E-state index contributed by atoms with van der Waals surface area (Å²) in [5.41, 5.74) is 0.990. The molecule has 0 heterocycles. The van der Waals surface area contributed by atoms with Crippen LogP contribution >= 0.6 is 0 Å². The number of ether oxygens (including phenoxy) is 1. The van der Waals surface area contributed by atoms with Gasteiger partial charge >= 0.3 is 0 Å². The van der Waals surface area contributed by atoms with Crippen molar-refractivity contribution in [1.82, 2.24) is 5.32 Å². The molecule has 0 spiro atoms. The van der Waals surface area contributed by atoms with Crippen LogP contribution in [0.4, 0.5) is 4.39 Å². The van der Waals surface area contributed by atoms with E-state index >= 15 is 0 Å². The highest BCUT2D eigenvalue weighted by atomic mass is 19.1. The van der Waals surface area contributed by atoms with Crippen LogP contribution in [-0.4, -0.2) is 12.1 Å². The Labute approximate surface area is 121 Å². The van der Waals surface area contributed by atoms with E-state index in [4.69, 9.17) is 4.74 Å². The van der Waals surface area contributed by atoms with E-state index in [0.717, 1.165) is 5.56 Å². The Morgan fingerprint density at radius 1 is 1.15 bits per heavy atom. The highest BCUT2D eigenvalue weighted by Gasteiger charge is 2.17. The molecule has 0 aliphatic heterocycles. The predicted molar refractivity (Wildman–Crippen MR) is 80.6 cm³/mol. The molecule has 2 nitrogen and oxygen atoms in total. The van der Waals surface area contributed by atoms with Crippen LogP contribution in [0.15, 0.2) is 18.2 Å².